The van der Waals surface area contributed by atoms with Gasteiger partial charge in [-0.1, -0.05) is 0 Å². The number of hydrogen-bond donors (Lipinski definition) is 1. The average molecular weight is 261 g/mol. The fourth-order valence-corrected chi connectivity index (χ4v) is 2.44. The van der Waals surface area contributed by atoms with Crippen molar-refractivity contribution in [1.82, 2.24) is 19.6 Å². The van der Waals surface area contributed by atoms with Crippen molar-refractivity contribution in [3.05, 3.63) is 28.2 Å². The van der Waals surface area contributed by atoms with Crippen molar-refractivity contribution in [1.29, 1.82) is 0 Å². The second kappa shape index (κ2) is 4.81. The minimum absolute atomic E-state index is 0.111. The molecular weight excluding hydrogens is 238 g/mol. The van der Waals surface area contributed by atoms with Gasteiger partial charge in [0.05, 0.1) is 11.4 Å². The van der Waals surface area contributed by atoms with Crippen LogP contribution in [0.15, 0.2) is 0 Å². The molecule has 1 atom stereocenters. The zero-order valence-electron chi connectivity index (χ0n) is 12.7. The summed E-state index contributed by atoms with van der Waals surface area (Å²) in [4.78, 5) is 0. The van der Waals surface area contributed by atoms with E-state index in [9.17, 15) is 0 Å². The molecule has 0 saturated carbocycles. The fourth-order valence-electron chi connectivity index (χ4n) is 2.44. The Balaban J connectivity index is 2.64. The molecule has 0 aliphatic heterocycles. The molecule has 0 radical (unpaired) electrons. The van der Waals surface area contributed by atoms with E-state index in [1.165, 1.54) is 11.1 Å². The van der Waals surface area contributed by atoms with E-state index in [1.54, 1.807) is 0 Å². The molecule has 0 aliphatic carbocycles. The molecule has 0 amide bonds. The fraction of sp³-hybridized carbons (Fsp3) is 0.571. The summed E-state index contributed by atoms with van der Waals surface area (Å²) in [5, 5.41) is 9.16. The van der Waals surface area contributed by atoms with Gasteiger partial charge in [0.25, 0.3) is 0 Å². The van der Waals surface area contributed by atoms with E-state index in [0.717, 1.165) is 29.3 Å². The zero-order valence-corrected chi connectivity index (χ0v) is 12.7. The summed E-state index contributed by atoms with van der Waals surface area (Å²) >= 11 is 0. The Morgan fingerprint density at radius 3 is 2.21 bits per heavy atom. The maximum absolute atomic E-state index is 5.96. The van der Waals surface area contributed by atoms with Crippen LogP contribution < -0.4 is 5.73 Å². The molecule has 1 unspecified atom stereocenters. The van der Waals surface area contributed by atoms with Crippen molar-refractivity contribution < 1.29 is 0 Å². The first-order chi connectivity index (χ1) is 8.82. The molecule has 0 saturated heterocycles. The third-order valence-corrected chi connectivity index (χ3v) is 3.69. The second-order valence-corrected chi connectivity index (χ2v) is 5.40. The number of hydrogen-bond acceptors (Lipinski definition) is 3. The standard InChI is InChI=1S/C14H23N5/c1-8(15)7-13-11(4)16-18(6)14(13)19-12(5)9(2)10(3)17-19/h8H,7,15H2,1-6H3. The number of nitrogens with zero attached hydrogens (tertiary/aromatic N) is 4. The maximum atomic E-state index is 5.96. The quantitative estimate of drug-likeness (QED) is 0.915. The van der Waals surface area contributed by atoms with E-state index in [-0.39, 0.29) is 6.04 Å². The van der Waals surface area contributed by atoms with Crippen molar-refractivity contribution in [2.75, 3.05) is 0 Å². The lowest BCUT2D eigenvalue weighted by molar-refractivity contribution is 0.671. The summed E-state index contributed by atoms with van der Waals surface area (Å²) in [7, 11) is 1.96. The van der Waals surface area contributed by atoms with Gasteiger partial charge in [-0.05, 0) is 46.6 Å². The summed E-state index contributed by atoms with van der Waals surface area (Å²) in [6, 6.07) is 0.111. The lowest BCUT2D eigenvalue weighted by Gasteiger charge is -2.10. The second-order valence-electron chi connectivity index (χ2n) is 5.40. The van der Waals surface area contributed by atoms with Crippen LogP contribution in [0.5, 0.6) is 0 Å². The van der Waals surface area contributed by atoms with Crippen molar-refractivity contribution in [3.63, 3.8) is 0 Å². The lowest BCUT2D eigenvalue weighted by Crippen LogP contribution is -2.20. The van der Waals surface area contributed by atoms with Gasteiger partial charge in [0, 0.05) is 24.3 Å². The highest BCUT2D eigenvalue weighted by molar-refractivity contribution is 5.41. The molecule has 2 aromatic heterocycles. The molecule has 2 N–H and O–H groups in total. The molecular formula is C14H23N5. The van der Waals surface area contributed by atoms with Crippen LogP contribution in [0.4, 0.5) is 0 Å². The first kappa shape index (κ1) is 13.8. The molecule has 0 spiro atoms. The van der Waals surface area contributed by atoms with Gasteiger partial charge in [0.15, 0.2) is 5.82 Å². The van der Waals surface area contributed by atoms with E-state index >= 15 is 0 Å². The van der Waals surface area contributed by atoms with Crippen molar-refractivity contribution >= 4 is 0 Å². The van der Waals surface area contributed by atoms with E-state index in [4.69, 9.17) is 5.73 Å². The highest BCUT2D eigenvalue weighted by Crippen LogP contribution is 2.22. The third-order valence-electron chi connectivity index (χ3n) is 3.69. The highest BCUT2D eigenvalue weighted by Gasteiger charge is 2.19. The van der Waals surface area contributed by atoms with E-state index in [1.807, 2.05) is 37.2 Å². The van der Waals surface area contributed by atoms with E-state index < -0.39 is 0 Å². The minimum Gasteiger partial charge on any atom is -0.328 e. The molecule has 0 aromatic carbocycles. The molecule has 0 fully saturated rings. The van der Waals surface area contributed by atoms with Gasteiger partial charge >= 0.3 is 0 Å². The van der Waals surface area contributed by atoms with Crippen LogP contribution in [0.25, 0.3) is 5.82 Å². The summed E-state index contributed by atoms with van der Waals surface area (Å²) in [6.07, 6.45) is 0.812. The van der Waals surface area contributed by atoms with Crippen molar-refractivity contribution in [2.24, 2.45) is 12.8 Å². The number of rotatable bonds is 3. The Hall–Kier alpha value is -1.62. The van der Waals surface area contributed by atoms with Gasteiger partial charge in [0.2, 0.25) is 0 Å². The molecule has 0 bridgehead atoms. The van der Waals surface area contributed by atoms with Gasteiger partial charge in [0.1, 0.15) is 0 Å². The van der Waals surface area contributed by atoms with Gasteiger partial charge in [-0.2, -0.15) is 10.2 Å². The average Bonchev–Trinajstić information content (AvgIpc) is 2.71. The highest BCUT2D eigenvalue weighted by atomic mass is 15.4. The maximum Gasteiger partial charge on any atom is 0.155 e. The first-order valence-corrected chi connectivity index (χ1v) is 6.64. The molecule has 19 heavy (non-hydrogen) atoms. The molecule has 2 heterocycles. The Morgan fingerprint density at radius 1 is 1.11 bits per heavy atom. The number of nitrogens with two attached hydrogens (primary N) is 1. The molecule has 2 rings (SSSR count). The van der Waals surface area contributed by atoms with Crippen LogP contribution in [-0.4, -0.2) is 25.6 Å². The monoisotopic (exact) mass is 261 g/mol. The van der Waals surface area contributed by atoms with Gasteiger partial charge in [-0.25, -0.2) is 4.68 Å². The lowest BCUT2D eigenvalue weighted by atomic mass is 10.1. The molecule has 5 nitrogen and oxygen atoms in total. The summed E-state index contributed by atoms with van der Waals surface area (Å²) in [6.45, 7) is 10.3. The predicted molar refractivity (Wildman–Crippen MR) is 76.6 cm³/mol. The summed E-state index contributed by atoms with van der Waals surface area (Å²) < 4.78 is 3.88. The van der Waals surface area contributed by atoms with Crippen LogP contribution in [0.2, 0.25) is 0 Å². The Morgan fingerprint density at radius 2 is 1.74 bits per heavy atom. The Kier molecular flexibility index (Phi) is 3.49. The smallest absolute Gasteiger partial charge is 0.155 e. The van der Waals surface area contributed by atoms with Crippen molar-refractivity contribution in [2.45, 2.75) is 47.1 Å². The largest absolute Gasteiger partial charge is 0.328 e. The molecule has 5 heteroatoms. The van der Waals surface area contributed by atoms with Crippen LogP contribution in [0.1, 0.15) is 35.1 Å². The number of aromatic nitrogens is 4. The molecule has 0 aliphatic rings. The van der Waals surface area contributed by atoms with Crippen molar-refractivity contribution in [3.8, 4) is 5.82 Å². The van der Waals surface area contributed by atoms with Gasteiger partial charge < -0.3 is 5.73 Å². The zero-order chi connectivity index (χ0) is 14.3. The van der Waals surface area contributed by atoms with Gasteiger partial charge in [-0.15, -0.1) is 0 Å². The van der Waals surface area contributed by atoms with Crippen LogP contribution >= 0.6 is 0 Å². The Labute approximate surface area is 114 Å². The summed E-state index contributed by atoms with van der Waals surface area (Å²) in [5.74, 6) is 1.03. The van der Waals surface area contributed by atoms with Crippen LogP contribution in [0.3, 0.4) is 0 Å². The van der Waals surface area contributed by atoms with Crippen LogP contribution in [0, 0.1) is 27.7 Å². The first-order valence-electron chi connectivity index (χ1n) is 6.64. The SMILES string of the molecule is Cc1nn(-c2c(CC(C)N)c(C)nn2C)c(C)c1C. The normalized spacial score (nSPS) is 13.0. The predicted octanol–water partition coefficient (Wildman–Crippen LogP) is 1.73. The van der Waals surface area contributed by atoms with E-state index in [2.05, 4.69) is 24.0 Å². The van der Waals surface area contributed by atoms with Crippen LogP contribution in [-0.2, 0) is 13.5 Å². The molecule has 104 valence electrons. The third kappa shape index (κ3) is 2.30. The summed E-state index contributed by atoms with van der Waals surface area (Å²) in [5.41, 5.74) is 11.6. The number of aryl methyl sites for hydroxylation is 3. The Bertz CT molecular complexity index is 604. The molecule has 2 aromatic rings. The minimum atomic E-state index is 0.111. The topological polar surface area (TPSA) is 61.7 Å². The van der Waals surface area contributed by atoms with E-state index in [0.29, 0.717) is 0 Å². The van der Waals surface area contributed by atoms with Gasteiger partial charge in [-0.3, -0.25) is 4.68 Å².